The fraction of sp³-hybridized carbons (Fsp3) is 0.600. The maximum absolute atomic E-state index is 10.4. The van der Waals surface area contributed by atoms with Crippen molar-refractivity contribution < 1.29 is 5.11 Å². The second-order valence-corrected chi connectivity index (χ2v) is 8.30. The number of rotatable bonds is 2. The van der Waals surface area contributed by atoms with Gasteiger partial charge in [-0.05, 0) is 16.5 Å². The maximum atomic E-state index is 10.4. The molecule has 0 aliphatic carbocycles. The van der Waals surface area contributed by atoms with Crippen LogP contribution in [0, 0.1) is 0 Å². The average molecular weight is 282 g/mol. The van der Waals surface area contributed by atoms with Crippen molar-refractivity contribution in [1.82, 2.24) is 0 Å². The molecular weight excluding hydrogens is 260 g/mol. The van der Waals surface area contributed by atoms with Gasteiger partial charge in [0.25, 0.3) is 0 Å². The molecule has 0 bridgehead atoms. The van der Waals surface area contributed by atoms with Gasteiger partial charge in [0.05, 0.1) is 6.10 Å². The summed E-state index contributed by atoms with van der Waals surface area (Å²) in [6, 6.07) is 8.48. The summed E-state index contributed by atoms with van der Waals surface area (Å²) in [5.41, 5.74) is 2.56. The summed E-state index contributed by atoms with van der Waals surface area (Å²) in [7, 11) is 0. The summed E-state index contributed by atoms with van der Waals surface area (Å²) in [4.78, 5) is 0. The van der Waals surface area contributed by atoms with Gasteiger partial charge < -0.3 is 5.11 Å². The van der Waals surface area contributed by atoms with Crippen LogP contribution in [0.2, 0.25) is 0 Å². The van der Waals surface area contributed by atoms with Crippen LogP contribution in [0.25, 0.3) is 0 Å². The van der Waals surface area contributed by atoms with Crippen molar-refractivity contribution in [2.45, 2.75) is 37.5 Å². The molecule has 0 saturated carbocycles. The van der Waals surface area contributed by atoms with Crippen LogP contribution in [-0.4, -0.2) is 27.6 Å². The lowest BCUT2D eigenvalue weighted by Crippen LogP contribution is -2.22. The van der Waals surface area contributed by atoms with Gasteiger partial charge in [0.2, 0.25) is 0 Å². The molecule has 1 N–H and O–H groups in total. The molecule has 1 aliphatic heterocycles. The summed E-state index contributed by atoms with van der Waals surface area (Å²) in [5, 5.41) is 10.8. The van der Waals surface area contributed by atoms with E-state index in [2.05, 4.69) is 45.0 Å². The van der Waals surface area contributed by atoms with Crippen LogP contribution in [0.4, 0.5) is 0 Å². The quantitative estimate of drug-likeness (QED) is 0.889. The first-order valence-corrected chi connectivity index (χ1v) is 8.67. The minimum atomic E-state index is -0.322. The Hall–Kier alpha value is -0.120. The van der Waals surface area contributed by atoms with Gasteiger partial charge >= 0.3 is 0 Å². The summed E-state index contributed by atoms with van der Waals surface area (Å²) >= 11 is 3.86. The molecule has 1 aromatic rings. The highest BCUT2D eigenvalue weighted by molar-refractivity contribution is 8.06. The molecule has 0 aromatic heterocycles. The van der Waals surface area contributed by atoms with Crippen LogP contribution >= 0.6 is 23.5 Å². The molecule has 1 aromatic carbocycles. The Morgan fingerprint density at radius 3 is 2.33 bits per heavy atom. The van der Waals surface area contributed by atoms with Crippen molar-refractivity contribution >= 4 is 23.5 Å². The van der Waals surface area contributed by atoms with Gasteiger partial charge in [-0.1, -0.05) is 45.0 Å². The second-order valence-electron chi connectivity index (χ2n) is 5.80. The fourth-order valence-corrected chi connectivity index (χ4v) is 4.84. The highest BCUT2D eigenvalue weighted by Crippen LogP contribution is 2.34. The average Bonchev–Trinajstić information content (AvgIpc) is 2.38. The third-order valence-corrected chi connectivity index (χ3v) is 6.16. The van der Waals surface area contributed by atoms with Crippen LogP contribution < -0.4 is 0 Å². The number of thioether (sulfide) groups is 2. The lowest BCUT2D eigenvalue weighted by atomic mass is 9.86. The lowest BCUT2D eigenvalue weighted by Gasteiger charge is -2.26. The Labute approximate surface area is 119 Å². The van der Waals surface area contributed by atoms with Crippen molar-refractivity contribution in [1.29, 1.82) is 0 Å². The van der Waals surface area contributed by atoms with E-state index in [1.165, 1.54) is 11.3 Å². The van der Waals surface area contributed by atoms with E-state index in [9.17, 15) is 5.11 Å². The molecule has 0 spiro atoms. The van der Waals surface area contributed by atoms with Crippen LogP contribution in [0.1, 0.15) is 38.0 Å². The molecule has 1 aliphatic rings. The highest BCUT2D eigenvalue weighted by atomic mass is 32.2. The van der Waals surface area contributed by atoms with Crippen LogP contribution in [0.3, 0.4) is 0 Å². The zero-order valence-electron chi connectivity index (χ0n) is 11.3. The molecule has 1 heterocycles. The van der Waals surface area contributed by atoms with E-state index in [-0.39, 0.29) is 11.5 Å². The maximum Gasteiger partial charge on any atom is 0.0916 e. The first kappa shape index (κ1) is 14.3. The highest BCUT2D eigenvalue weighted by Gasteiger charge is 2.24. The van der Waals surface area contributed by atoms with E-state index in [4.69, 9.17) is 0 Å². The van der Waals surface area contributed by atoms with E-state index >= 15 is 0 Å². The van der Waals surface area contributed by atoms with Gasteiger partial charge in [-0.25, -0.2) is 0 Å². The van der Waals surface area contributed by atoms with Gasteiger partial charge in [-0.3, -0.25) is 0 Å². The zero-order chi connectivity index (χ0) is 13.2. The summed E-state index contributed by atoms with van der Waals surface area (Å²) in [6.45, 7) is 6.64. The molecule has 1 fully saturated rings. The van der Waals surface area contributed by atoms with Crippen LogP contribution in [0.5, 0.6) is 0 Å². The predicted octanol–water partition coefficient (Wildman–Crippen LogP) is 3.87. The van der Waals surface area contributed by atoms with Crippen molar-refractivity contribution in [2.24, 2.45) is 0 Å². The number of benzene rings is 1. The lowest BCUT2D eigenvalue weighted by molar-refractivity contribution is 0.180. The van der Waals surface area contributed by atoms with E-state index in [1.54, 1.807) is 0 Å². The Morgan fingerprint density at radius 1 is 1.17 bits per heavy atom. The molecule has 0 amide bonds. The topological polar surface area (TPSA) is 20.2 Å². The normalized spacial score (nSPS) is 22.8. The van der Waals surface area contributed by atoms with E-state index in [1.807, 2.05) is 23.5 Å². The minimum Gasteiger partial charge on any atom is -0.387 e. The second kappa shape index (κ2) is 5.89. The Morgan fingerprint density at radius 2 is 1.83 bits per heavy atom. The summed E-state index contributed by atoms with van der Waals surface area (Å²) in [6.07, 6.45) is -0.322. The molecule has 0 radical (unpaired) electrons. The Kier molecular flexibility index (Phi) is 4.68. The zero-order valence-corrected chi connectivity index (χ0v) is 13.0. The molecule has 2 rings (SSSR count). The fourth-order valence-electron chi connectivity index (χ4n) is 2.08. The van der Waals surface area contributed by atoms with Gasteiger partial charge in [0, 0.05) is 22.5 Å². The van der Waals surface area contributed by atoms with Crippen molar-refractivity contribution in [3.8, 4) is 0 Å². The Balaban J connectivity index is 2.09. The Bertz CT molecular complexity index is 374. The predicted molar refractivity (Wildman–Crippen MR) is 83.7 cm³/mol. The van der Waals surface area contributed by atoms with E-state index in [0.29, 0.717) is 5.25 Å². The molecule has 100 valence electrons. The SMILES string of the molecule is CC(C)(C)c1ccc(C(O)C2CSCCS2)cc1. The first-order valence-electron chi connectivity index (χ1n) is 6.46. The summed E-state index contributed by atoms with van der Waals surface area (Å²) < 4.78 is 0. The summed E-state index contributed by atoms with van der Waals surface area (Å²) in [5.74, 6) is 3.44. The first-order chi connectivity index (χ1) is 8.48. The molecule has 1 nitrogen and oxygen atoms in total. The molecule has 2 atom stereocenters. The minimum absolute atomic E-state index is 0.179. The van der Waals surface area contributed by atoms with Gasteiger partial charge in [0.15, 0.2) is 0 Å². The molecule has 18 heavy (non-hydrogen) atoms. The van der Waals surface area contributed by atoms with Crippen molar-refractivity contribution in [2.75, 3.05) is 17.3 Å². The monoisotopic (exact) mass is 282 g/mol. The largest absolute Gasteiger partial charge is 0.387 e. The van der Waals surface area contributed by atoms with Gasteiger partial charge in [0.1, 0.15) is 0 Å². The van der Waals surface area contributed by atoms with Crippen LogP contribution in [0.15, 0.2) is 24.3 Å². The smallest absolute Gasteiger partial charge is 0.0916 e. The van der Waals surface area contributed by atoms with Crippen LogP contribution in [-0.2, 0) is 5.41 Å². The molecule has 3 heteroatoms. The van der Waals surface area contributed by atoms with Gasteiger partial charge in [-0.2, -0.15) is 23.5 Å². The van der Waals surface area contributed by atoms with E-state index < -0.39 is 0 Å². The van der Waals surface area contributed by atoms with Gasteiger partial charge in [-0.15, -0.1) is 0 Å². The van der Waals surface area contributed by atoms with Crippen molar-refractivity contribution in [3.63, 3.8) is 0 Å². The van der Waals surface area contributed by atoms with E-state index in [0.717, 1.165) is 17.1 Å². The molecule has 1 saturated heterocycles. The number of hydrogen-bond donors (Lipinski definition) is 1. The third-order valence-electron chi connectivity index (χ3n) is 3.31. The third kappa shape index (κ3) is 3.46. The molecule has 2 unspecified atom stereocenters. The standard InChI is InChI=1S/C15H22OS2/c1-15(2,3)12-6-4-11(5-7-12)14(16)13-10-17-8-9-18-13/h4-7,13-14,16H,8-10H2,1-3H3. The molecular formula is C15H22OS2. The number of hydrogen-bond acceptors (Lipinski definition) is 3. The number of aliphatic hydroxyl groups excluding tert-OH is 1. The van der Waals surface area contributed by atoms with Crippen molar-refractivity contribution in [3.05, 3.63) is 35.4 Å². The number of aliphatic hydroxyl groups is 1.